The SMILES string of the molecule is CC(c1ccc(C(F)(F)F)cc1)N1CCC([C@H]2CC(Br)=NO2)CC1. The highest BCUT2D eigenvalue weighted by atomic mass is 79.9. The minimum Gasteiger partial charge on any atom is -0.391 e. The first-order chi connectivity index (χ1) is 11.3. The summed E-state index contributed by atoms with van der Waals surface area (Å²) in [5, 5.41) is 3.95. The Hall–Kier alpha value is -1.08. The average Bonchev–Trinajstić information content (AvgIpc) is 3.00. The first kappa shape index (κ1) is 17.7. The van der Waals surface area contributed by atoms with Crippen molar-refractivity contribution < 1.29 is 18.0 Å². The van der Waals surface area contributed by atoms with E-state index in [2.05, 4.69) is 32.9 Å². The van der Waals surface area contributed by atoms with Gasteiger partial charge in [0.15, 0.2) is 0 Å². The van der Waals surface area contributed by atoms with Gasteiger partial charge in [0.25, 0.3) is 0 Å². The van der Waals surface area contributed by atoms with Crippen LogP contribution < -0.4 is 0 Å². The molecule has 0 aliphatic carbocycles. The summed E-state index contributed by atoms with van der Waals surface area (Å²) in [6, 6.07) is 5.62. The molecule has 2 aliphatic heterocycles. The van der Waals surface area contributed by atoms with Crippen molar-refractivity contribution in [1.82, 2.24) is 4.90 Å². The molecule has 2 heterocycles. The molecule has 0 radical (unpaired) electrons. The molecule has 0 bridgehead atoms. The summed E-state index contributed by atoms with van der Waals surface area (Å²) >= 11 is 3.37. The van der Waals surface area contributed by atoms with Crippen molar-refractivity contribution in [3.8, 4) is 0 Å². The summed E-state index contributed by atoms with van der Waals surface area (Å²) in [7, 11) is 0. The van der Waals surface area contributed by atoms with E-state index >= 15 is 0 Å². The second-order valence-electron chi connectivity index (χ2n) is 6.48. The fraction of sp³-hybridized carbons (Fsp3) is 0.588. The summed E-state index contributed by atoms with van der Waals surface area (Å²) < 4.78 is 38.8. The lowest BCUT2D eigenvalue weighted by Gasteiger charge is -2.37. The molecule has 0 saturated carbocycles. The number of hydrogen-bond donors (Lipinski definition) is 0. The molecular weight excluding hydrogens is 385 g/mol. The Balaban J connectivity index is 1.56. The molecule has 3 nitrogen and oxygen atoms in total. The van der Waals surface area contributed by atoms with Crippen LogP contribution in [0.15, 0.2) is 29.4 Å². The Morgan fingerprint density at radius 1 is 1.21 bits per heavy atom. The van der Waals surface area contributed by atoms with Crippen molar-refractivity contribution in [2.75, 3.05) is 13.1 Å². The first-order valence-corrected chi connectivity index (χ1v) is 8.93. The Labute approximate surface area is 148 Å². The van der Waals surface area contributed by atoms with Gasteiger partial charge in [0.1, 0.15) is 10.7 Å². The maximum Gasteiger partial charge on any atom is 0.416 e. The number of benzene rings is 1. The highest BCUT2D eigenvalue weighted by Crippen LogP contribution is 2.34. The summed E-state index contributed by atoms with van der Waals surface area (Å²) in [5.74, 6) is 0.486. The van der Waals surface area contributed by atoms with Crippen LogP contribution in [-0.4, -0.2) is 28.7 Å². The number of rotatable bonds is 3. The Bertz CT molecular complexity index is 595. The molecule has 0 spiro atoms. The Morgan fingerprint density at radius 2 is 1.83 bits per heavy atom. The Morgan fingerprint density at radius 3 is 2.33 bits per heavy atom. The van der Waals surface area contributed by atoms with Crippen LogP contribution >= 0.6 is 15.9 Å². The molecule has 1 unspecified atom stereocenters. The van der Waals surface area contributed by atoms with Gasteiger partial charge in [-0.2, -0.15) is 13.2 Å². The molecular formula is C17H20BrF3N2O. The highest BCUT2D eigenvalue weighted by molar-refractivity contribution is 9.18. The van der Waals surface area contributed by atoms with Crippen LogP contribution in [0.2, 0.25) is 0 Å². The van der Waals surface area contributed by atoms with Gasteiger partial charge in [0.2, 0.25) is 0 Å². The van der Waals surface area contributed by atoms with E-state index in [0.29, 0.717) is 5.92 Å². The second-order valence-corrected chi connectivity index (χ2v) is 7.40. The molecule has 3 rings (SSSR count). The molecule has 1 saturated heterocycles. The second kappa shape index (κ2) is 7.04. The number of piperidine rings is 1. The van der Waals surface area contributed by atoms with E-state index < -0.39 is 11.7 Å². The predicted molar refractivity (Wildman–Crippen MR) is 90.0 cm³/mol. The van der Waals surface area contributed by atoms with E-state index in [1.165, 1.54) is 12.1 Å². The molecule has 132 valence electrons. The normalized spacial score (nSPS) is 24.5. The molecule has 0 N–H and O–H groups in total. The smallest absolute Gasteiger partial charge is 0.391 e. The molecule has 0 aromatic heterocycles. The number of alkyl halides is 3. The van der Waals surface area contributed by atoms with Crippen LogP contribution in [-0.2, 0) is 11.0 Å². The zero-order chi connectivity index (χ0) is 17.3. The zero-order valence-electron chi connectivity index (χ0n) is 13.4. The van der Waals surface area contributed by atoms with Gasteiger partial charge in [-0.3, -0.25) is 4.90 Å². The lowest BCUT2D eigenvalue weighted by atomic mass is 9.89. The lowest BCUT2D eigenvalue weighted by molar-refractivity contribution is -0.137. The van der Waals surface area contributed by atoms with Crippen LogP contribution in [0.4, 0.5) is 13.2 Å². The van der Waals surface area contributed by atoms with Gasteiger partial charge in [0, 0.05) is 18.4 Å². The predicted octanol–water partition coefficient (Wildman–Crippen LogP) is 4.98. The fourth-order valence-electron chi connectivity index (χ4n) is 3.46. The standard InChI is InChI=1S/C17H20BrF3N2O/c1-11(12-2-4-14(5-3-12)17(19,20)21)23-8-6-13(7-9-23)15-10-16(18)22-24-15/h2-5,11,13,15H,6-10H2,1H3/t11?,15-/m1/s1. The van der Waals surface area contributed by atoms with Crippen molar-refractivity contribution in [1.29, 1.82) is 0 Å². The van der Waals surface area contributed by atoms with Crippen molar-refractivity contribution in [3.63, 3.8) is 0 Å². The first-order valence-electron chi connectivity index (χ1n) is 8.14. The molecule has 2 atom stereocenters. The van der Waals surface area contributed by atoms with Gasteiger partial charge in [-0.25, -0.2) is 0 Å². The third-order valence-electron chi connectivity index (χ3n) is 5.02. The molecule has 1 aromatic carbocycles. The van der Waals surface area contributed by atoms with Crippen LogP contribution in [0, 0.1) is 5.92 Å². The van der Waals surface area contributed by atoms with E-state index in [1.54, 1.807) is 12.1 Å². The third kappa shape index (κ3) is 3.94. The molecule has 0 amide bonds. The topological polar surface area (TPSA) is 24.8 Å². The summed E-state index contributed by atoms with van der Waals surface area (Å²) in [4.78, 5) is 7.77. The van der Waals surface area contributed by atoms with Crippen molar-refractivity contribution in [2.24, 2.45) is 11.1 Å². The number of likely N-dealkylation sites (tertiary alicyclic amines) is 1. The van der Waals surface area contributed by atoms with Gasteiger partial charge in [-0.15, -0.1) is 0 Å². The van der Waals surface area contributed by atoms with E-state index in [-0.39, 0.29) is 12.1 Å². The minimum atomic E-state index is -4.28. The molecule has 1 aromatic rings. The summed E-state index contributed by atoms with van der Waals surface area (Å²) in [6.45, 7) is 3.89. The quantitative estimate of drug-likeness (QED) is 0.709. The van der Waals surface area contributed by atoms with Gasteiger partial charge >= 0.3 is 6.18 Å². The zero-order valence-corrected chi connectivity index (χ0v) is 15.0. The van der Waals surface area contributed by atoms with E-state index in [0.717, 1.165) is 42.5 Å². The van der Waals surface area contributed by atoms with Gasteiger partial charge in [-0.1, -0.05) is 17.3 Å². The molecule has 2 aliphatic rings. The number of nitrogens with zero attached hydrogens (tertiary/aromatic N) is 2. The van der Waals surface area contributed by atoms with Gasteiger partial charge in [-0.05, 0) is 66.5 Å². The maximum atomic E-state index is 12.7. The van der Waals surface area contributed by atoms with Crippen molar-refractivity contribution in [2.45, 2.75) is 44.5 Å². The Kier molecular flexibility index (Phi) is 5.20. The molecule has 7 heteroatoms. The van der Waals surface area contributed by atoms with Crippen LogP contribution in [0.25, 0.3) is 0 Å². The van der Waals surface area contributed by atoms with Gasteiger partial charge in [0.05, 0.1) is 5.56 Å². The monoisotopic (exact) mass is 404 g/mol. The largest absolute Gasteiger partial charge is 0.416 e. The van der Waals surface area contributed by atoms with E-state index in [4.69, 9.17) is 4.84 Å². The van der Waals surface area contributed by atoms with Gasteiger partial charge < -0.3 is 4.84 Å². The maximum absolute atomic E-state index is 12.7. The van der Waals surface area contributed by atoms with Crippen molar-refractivity contribution in [3.05, 3.63) is 35.4 Å². The van der Waals surface area contributed by atoms with Crippen LogP contribution in [0.5, 0.6) is 0 Å². The number of oxime groups is 1. The minimum absolute atomic E-state index is 0.112. The number of halogens is 4. The van der Waals surface area contributed by atoms with Crippen LogP contribution in [0.1, 0.15) is 43.4 Å². The van der Waals surface area contributed by atoms with E-state index in [1.807, 2.05) is 0 Å². The lowest BCUT2D eigenvalue weighted by Crippen LogP contribution is -2.39. The summed E-state index contributed by atoms with van der Waals surface area (Å²) in [5.41, 5.74) is 0.325. The fourth-order valence-corrected chi connectivity index (χ4v) is 3.86. The highest BCUT2D eigenvalue weighted by Gasteiger charge is 2.33. The number of hydrogen-bond acceptors (Lipinski definition) is 3. The molecule has 24 heavy (non-hydrogen) atoms. The molecule has 1 fully saturated rings. The van der Waals surface area contributed by atoms with Crippen LogP contribution in [0.3, 0.4) is 0 Å². The van der Waals surface area contributed by atoms with Crippen molar-refractivity contribution >= 4 is 20.6 Å². The van der Waals surface area contributed by atoms with E-state index in [9.17, 15) is 13.2 Å². The third-order valence-corrected chi connectivity index (χ3v) is 5.49. The summed E-state index contributed by atoms with van der Waals surface area (Å²) in [6.07, 6.45) is -1.25. The average molecular weight is 405 g/mol.